The van der Waals surface area contributed by atoms with Crippen LogP contribution in [0.2, 0.25) is 0 Å². The van der Waals surface area contributed by atoms with Crippen molar-refractivity contribution >= 4 is 11.8 Å². The molecule has 0 radical (unpaired) electrons. The van der Waals surface area contributed by atoms with Gasteiger partial charge in [0.25, 0.3) is 0 Å². The SMILES string of the molecule is N#CC1(c2cccnc2)CCCS1. The summed E-state index contributed by atoms with van der Waals surface area (Å²) in [6.07, 6.45) is 5.64. The van der Waals surface area contributed by atoms with Crippen LogP contribution < -0.4 is 0 Å². The van der Waals surface area contributed by atoms with E-state index < -0.39 is 0 Å². The first-order chi connectivity index (χ1) is 6.37. The van der Waals surface area contributed by atoms with Crippen LogP contribution in [0.15, 0.2) is 24.5 Å². The Kier molecular flexibility index (Phi) is 2.24. The molecule has 1 unspecified atom stereocenters. The van der Waals surface area contributed by atoms with E-state index in [1.54, 1.807) is 18.0 Å². The van der Waals surface area contributed by atoms with Crippen molar-refractivity contribution in [2.75, 3.05) is 5.75 Å². The molecule has 2 rings (SSSR count). The van der Waals surface area contributed by atoms with Crippen LogP contribution in [0, 0.1) is 11.3 Å². The van der Waals surface area contributed by atoms with Gasteiger partial charge in [0.1, 0.15) is 4.75 Å². The number of aromatic nitrogens is 1. The van der Waals surface area contributed by atoms with E-state index in [-0.39, 0.29) is 4.75 Å². The summed E-state index contributed by atoms with van der Waals surface area (Å²) in [6, 6.07) is 6.31. The Labute approximate surface area is 82.0 Å². The van der Waals surface area contributed by atoms with Crippen molar-refractivity contribution in [1.29, 1.82) is 5.26 Å². The van der Waals surface area contributed by atoms with Crippen molar-refractivity contribution in [2.45, 2.75) is 17.6 Å². The fourth-order valence-corrected chi connectivity index (χ4v) is 2.90. The maximum atomic E-state index is 9.17. The Morgan fingerprint density at radius 3 is 3.08 bits per heavy atom. The fraction of sp³-hybridized carbons (Fsp3) is 0.400. The molecule has 1 fully saturated rings. The monoisotopic (exact) mass is 190 g/mol. The number of thioether (sulfide) groups is 1. The second-order valence-electron chi connectivity index (χ2n) is 3.13. The lowest BCUT2D eigenvalue weighted by Gasteiger charge is -2.18. The van der Waals surface area contributed by atoms with Crippen molar-refractivity contribution in [3.05, 3.63) is 30.1 Å². The number of nitriles is 1. The predicted octanol–water partition coefficient (Wildman–Crippen LogP) is 2.33. The zero-order chi connectivity index (χ0) is 9.15. The maximum absolute atomic E-state index is 9.17. The Bertz CT molecular complexity index is 323. The van der Waals surface area contributed by atoms with Gasteiger partial charge in [-0.15, -0.1) is 11.8 Å². The quantitative estimate of drug-likeness (QED) is 0.682. The van der Waals surface area contributed by atoms with Gasteiger partial charge in [0, 0.05) is 18.0 Å². The highest BCUT2D eigenvalue weighted by Crippen LogP contribution is 2.45. The summed E-state index contributed by atoms with van der Waals surface area (Å²) in [6.45, 7) is 0. The zero-order valence-corrected chi connectivity index (χ0v) is 8.05. The highest BCUT2D eigenvalue weighted by atomic mass is 32.2. The van der Waals surface area contributed by atoms with Crippen molar-refractivity contribution in [3.63, 3.8) is 0 Å². The molecule has 1 aliphatic heterocycles. The van der Waals surface area contributed by atoms with Crippen molar-refractivity contribution in [2.24, 2.45) is 0 Å². The third-order valence-electron chi connectivity index (χ3n) is 2.33. The van der Waals surface area contributed by atoms with Gasteiger partial charge in [-0.2, -0.15) is 5.26 Å². The minimum Gasteiger partial charge on any atom is -0.264 e. The van der Waals surface area contributed by atoms with Crippen molar-refractivity contribution < 1.29 is 0 Å². The summed E-state index contributed by atoms with van der Waals surface area (Å²) in [7, 11) is 0. The lowest BCUT2D eigenvalue weighted by molar-refractivity contribution is 0.716. The minimum atomic E-state index is -0.311. The number of nitrogens with zero attached hydrogens (tertiary/aromatic N) is 2. The molecule has 0 amide bonds. The predicted molar refractivity (Wildman–Crippen MR) is 53.2 cm³/mol. The first-order valence-electron chi connectivity index (χ1n) is 4.33. The number of hydrogen-bond donors (Lipinski definition) is 0. The van der Waals surface area contributed by atoms with E-state index in [0.717, 1.165) is 24.2 Å². The van der Waals surface area contributed by atoms with E-state index >= 15 is 0 Å². The Morgan fingerprint density at radius 1 is 1.62 bits per heavy atom. The van der Waals surface area contributed by atoms with Crippen LogP contribution in [0.4, 0.5) is 0 Å². The van der Waals surface area contributed by atoms with Gasteiger partial charge in [0.2, 0.25) is 0 Å². The average Bonchev–Trinajstić information content (AvgIpc) is 2.69. The number of pyridine rings is 1. The second kappa shape index (κ2) is 3.39. The molecule has 0 bridgehead atoms. The summed E-state index contributed by atoms with van der Waals surface area (Å²) < 4.78 is -0.311. The summed E-state index contributed by atoms with van der Waals surface area (Å²) in [5.74, 6) is 1.09. The first-order valence-corrected chi connectivity index (χ1v) is 5.32. The Hall–Kier alpha value is -1.01. The van der Waals surface area contributed by atoms with Crippen LogP contribution in [-0.2, 0) is 4.75 Å². The second-order valence-corrected chi connectivity index (χ2v) is 4.53. The topological polar surface area (TPSA) is 36.7 Å². The molecule has 0 aromatic carbocycles. The zero-order valence-electron chi connectivity index (χ0n) is 7.23. The molecule has 2 heterocycles. The van der Waals surface area contributed by atoms with Gasteiger partial charge in [-0.1, -0.05) is 6.07 Å². The van der Waals surface area contributed by atoms with Crippen molar-refractivity contribution in [1.82, 2.24) is 4.98 Å². The van der Waals surface area contributed by atoms with Gasteiger partial charge in [-0.3, -0.25) is 4.98 Å². The van der Waals surface area contributed by atoms with E-state index in [0.29, 0.717) is 0 Å². The average molecular weight is 190 g/mol. The maximum Gasteiger partial charge on any atom is 0.129 e. The largest absolute Gasteiger partial charge is 0.264 e. The summed E-state index contributed by atoms with van der Waals surface area (Å²) in [5.41, 5.74) is 1.06. The molecule has 3 heteroatoms. The van der Waals surface area contributed by atoms with Crippen LogP contribution >= 0.6 is 11.8 Å². The molecule has 1 atom stereocenters. The Morgan fingerprint density at radius 2 is 2.54 bits per heavy atom. The van der Waals surface area contributed by atoms with Crippen molar-refractivity contribution in [3.8, 4) is 6.07 Å². The lowest BCUT2D eigenvalue weighted by Crippen LogP contribution is -2.15. The molecule has 1 aliphatic rings. The molecule has 2 nitrogen and oxygen atoms in total. The van der Waals surface area contributed by atoms with Gasteiger partial charge in [0.15, 0.2) is 0 Å². The smallest absolute Gasteiger partial charge is 0.129 e. The van der Waals surface area contributed by atoms with Crippen LogP contribution in [0.25, 0.3) is 0 Å². The molecular weight excluding hydrogens is 180 g/mol. The summed E-state index contributed by atoms with van der Waals surface area (Å²) in [4.78, 5) is 4.06. The molecule has 0 spiro atoms. The highest BCUT2D eigenvalue weighted by Gasteiger charge is 2.36. The third-order valence-corrected chi connectivity index (χ3v) is 3.85. The molecule has 0 aliphatic carbocycles. The van der Waals surface area contributed by atoms with E-state index in [4.69, 9.17) is 0 Å². The van der Waals surface area contributed by atoms with Crippen LogP contribution in [0.3, 0.4) is 0 Å². The molecule has 13 heavy (non-hydrogen) atoms. The van der Waals surface area contributed by atoms with Gasteiger partial charge in [-0.25, -0.2) is 0 Å². The van der Waals surface area contributed by atoms with Crippen LogP contribution in [-0.4, -0.2) is 10.7 Å². The molecule has 66 valence electrons. The normalized spacial score (nSPS) is 27.0. The summed E-state index contributed by atoms with van der Waals surface area (Å²) in [5, 5.41) is 9.17. The van der Waals surface area contributed by atoms with Crippen LogP contribution in [0.5, 0.6) is 0 Å². The Balaban J connectivity index is 2.38. The first kappa shape index (κ1) is 8.58. The summed E-state index contributed by atoms with van der Waals surface area (Å²) >= 11 is 1.74. The molecular formula is C10H10N2S. The van der Waals surface area contributed by atoms with Gasteiger partial charge in [-0.05, 0) is 24.7 Å². The molecule has 0 N–H and O–H groups in total. The van der Waals surface area contributed by atoms with Crippen LogP contribution in [0.1, 0.15) is 18.4 Å². The van der Waals surface area contributed by atoms with E-state index in [1.807, 2.05) is 18.3 Å². The molecule has 0 saturated carbocycles. The van der Waals surface area contributed by atoms with Gasteiger partial charge >= 0.3 is 0 Å². The molecule has 1 aromatic heterocycles. The van der Waals surface area contributed by atoms with E-state index in [1.165, 1.54) is 0 Å². The van der Waals surface area contributed by atoms with E-state index in [9.17, 15) is 5.26 Å². The lowest BCUT2D eigenvalue weighted by atomic mass is 9.97. The molecule has 1 aromatic rings. The molecule has 1 saturated heterocycles. The number of rotatable bonds is 1. The van der Waals surface area contributed by atoms with Gasteiger partial charge < -0.3 is 0 Å². The standard InChI is InChI=1S/C10H10N2S/c11-8-10(4-2-6-13-10)9-3-1-5-12-7-9/h1,3,5,7H,2,4,6H2. The van der Waals surface area contributed by atoms with Gasteiger partial charge in [0.05, 0.1) is 6.07 Å². The fourth-order valence-electron chi connectivity index (χ4n) is 1.62. The minimum absolute atomic E-state index is 0.311. The highest BCUT2D eigenvalue weighted by molar-refractivity contribution is 8.00. The van der Waals surface area contributed by atoms with E-state index in [2.05, 4.69) is 11.1 Å². The third kappa shape index (κ3) is 1.42. The number of hydrogen-bond acceptors (Lipinski definition) is 3.